The van der Waals surface area contributed by atoms with Crippen LogP contribution < -0.4 is 5.48 Å². The molecule has 0 radical (unpaired) electrons. The van der Waals surface area contributed by atoms with Crippen LogP contribution in [0, 0.1) is 0 Å². The molecule has 3 atom stereocenters. The lowest BCUT2D eigenvalue weighted by Gasteiger charge is -2.44. The van der Waals surface area contributed by atoms with Gasteiger partial charge in [0.1, 0.15) is 30.2 Å². The standard InChI is InChI=1S/C17H29NO8/c1-6-7-8-9-11-17(2,25-10-22-3)14(19)12(16(21)23-4)13(26-11)15(20)18-24-5/h11,14,19H,6-10H2,1-5H3,(H,18,20)/t11-,14-,17-/m1/s1. The molecule has 1 aliphatic heterocycles. The Kier molecular flexibility index (Phi) is 9.00. The van der Waals surface area contributed by atoms with Crippen molar-refractivity contribution in [3.63, 3.8) is 0 Å². The fourth-order valence-electron chi connectivity index (χ4n) is 2.82. The van der Waals surface area contributed by atoms with Gasteiger partial charge in [0.2, 0.25) is 0 Å². The van der Waals surface area contributed by atoms with Gasteiger partial charge in [-0.15, -0.1) is 0 Å². The number of hydrogen-bond acceptors (Lipinski definition) is 8. The second kappa shape index (κ2) is 10.5. The summed E-state index contributed by atoms with van der Waals surface area (Å²) >= 11 is 0. The lowest BCUT2D eigenvalue weighted by atomic mass is 9.82. The van der Waals surface area contributed by atoms with E-state index in [0.29, 0.717) is 6.42 Å². The topological polar surface area (TPSA) is 113 Å². The molecule has 0 saturated carbocycles. The zero-order chi connectivity index (χ0) is 19.7. The molecule has 9 nitrogen and oxygen atoms in total. The van der Waals surface area contributed by atoms with E-state index in [9.17, 15) is 14.7 Å². The summed E-state index contributed by atoms with van der Waals surface area (Å²) in [6.45, 7) is 3.56. The zero-order valence-electron chi connectivity index (χ0n) is 16.0. The molecule has 0 unspecified atom stereocenters. The van der Waals surface area contributed by atoms with E-state index < -0.39 is 29.7 Å². The van der Waals surface area contributed by atoms with Gasteiger partial charge in [-0.3, -0.25) is 9.63 Å². The van der Waals surface area contributed by atoms with Crippen molar-refractivity contribution in [3.05, 3.63) is 11.3 Å². The maximum absolute atomic E-state index is 12.3. The highest BCUT2D eigenvalue weighted by molar-refractivity contribution is 6.02. The van der Waals surface area contributed by atoms with Crippen LogP contribution >= 0.6 is 0 Å². The van der Waals surface area contributed by atoms with Gasteiger partial charge >= 0.3 is 11.9 Å². The van der Waals surface area contributed by atoms with Crippen molar-refractivity contribution in [2.24, 2.45) is 0 Å². The van der Waals surface area contributed by atoms with E-state index in [4.69, 9.17) is 18.9 Å². The van der Waals surface area contributed by atoms with Crippen LogP contribution in [-0.2, 0) is 33.4 Å². The summed E-state index contributed by atoms with van der Waals surface area (Å²) in [6.07, 6.45) is 1.12. The highest BCUT2D eigenvalue weighted by Crippen LogP contribution is 2.38. The monoisotopic (exact) mass is 375 g/mol. The first-order valence-electron chi connectivity index (χ1n) is 8.50. The summed E-state index contributed by atoms with van der Waals surface area (Å²) in [7, 11) is 3.84. The van der Waals surface area contributed by atoms with Crippen LogP contribution in [0.2, 0.25) is 0 Å². The smallest absolute Gasteiger partial charge is 0.340 e. The maximum atomic E-state index is 12.3. The fourth-order valence-corrected chi connectivity index (χ4v) is 2.82. The summed E-state index contributed by atoms with van der Waals surface area (Å²) in [5.74, 6) is -2.02. The highest BCUT2D eigenvalue weighted by Gasteiger charge is 2.53. The van der Waals surface area contributed by atoms with E-state index in [1.807, 2.05) is 0 Å². The Morgan fingerprint density at radius 2 is 1.96 bits per heavy atom. The Bertz CT molecular complexity index is 521. The molecule has 0 aliphatic carbocycles. The largest absolute Gasteiger partial charge is 0.481 e. The third kappa shape index (κ3) is 4.94. The molecule has 0 spiro atoms. The van der Waals surface area contributed by atoms with E-state index in [0.717, 1.165) is 26.4 Å². The van der Waals surface area contributed by atoms with Crippen LogP contribution in [-0.4, -0.2) is 62.9 Å². The summed E-state index contributed by atoms with van der Waals surface area (Å²) in [6, 6.07) is 0. The van der Waals surface area contributed by atoms with Gasteiger partial charge in [-0.25, -0.2) is 10.3 Å². The van der Waals surface area contributed by atoms with E-state index in [2.05, 4.69) is 17.2 Å². The quantitative estimate of drug-likeness (QED) is 0.250. The molecule has 0 aromatic heterocycles. The molecule has 26 heavy (non-hydrogen) atoms. The normalized spacial score (nSPS) is 25.6. The Labute approximate surface area is 153 Å². The van der Waals surface area contributed by atoms with Crippen molar-refractivity contribution in [3.8, 4) is 0 Å². The van der Waals surface area contributed by atoms with Crippen molar-refractivity contribution in [1.82, 2.24) is 5.48 Å². The Morgan fingerprint density at radius 3 is 2.50 bits per heavy atom. The molecule has 0 aromatic carbocycles. The number of hydroxylamine groups is 1. The SMILES string of the molecule is CCCCC[C@H]1OC(C(=O)NOC)=C(C(=O)OC)[C@@H](O)[C@]1(C)OCOC. The first-order valence-corrected chi connectivity index (χ1v) is 8.50. The number of rotatable bonds is 10. The average Bonchev–Trinajstić information content (AvgIpc) is 2.63. The number of carbonyl (C=O) groups is 2. The van der Waals surface area contributed by atoms with Gasteiger partial charge in [0, 0.05) is 7.11 Å². The number of nitrogens with one attached hydrogen (secondary N) is 1. The molecular weight excluding hydrogens is 346 g/mol. The summed E-state index contributed by atoms with van der Waals surface area (Å²) in [4.78, 5) is 29.1. The molecule has 1 heterocycles. The number of aliphatic hydroxyl groups is 1. The number of hydrogen-bond donors (Lipinski definition) is 2. The molecule has 9 heteroatoms. The van der Waals surface area contributed by atoms with Gasteiger partial charge in [0.05, 0.1) is 14.2 Å². The van der Waals surface area contributed by atoms with E-state index in [1.165, 1.54) is 14.2 Å². The van der Waals surface area contributed by atoms with Gasteiger partial charge in [0.25, 0.3) is 0 Å². The third-order valence-electron chi connectivity index (χ3n) is 4.32. The van der Waals surface area contributed by atoms with E-state index in [-0.39, 0.29) is 18.1 Å². The van der Waals surface area contributed by atoms with Crippen LogP contribution in [0.3, 0.4) is 0 Å². The van der Waals surface area contributed by atoms with Crippen molar-refractivity contribution >= 4 is 11.9 Å². The molecule has 0 bridgehead atoms. The van der Waals surface area contributed by atoms with E-state index >= 15 is 0 Å². The molecule has 1 aliphatic rings. The molecule has 0 saturated heterocycles. The van der Waals surface area contributed by atoms with Crippen LogP contribution in [0.25, 0.3) is 0 Å². The molecule has 1 amide bonds. The first-order chi connectivity index (χ1) is 12.4. The van der Waals surface area contributed by atoms with Gasteiger partial charge in [0.15, 0.2) is 5.76 Å². The number of unbranched alkanes of at least 4 members (excludes halogenated alkanes) is 2. The van der Waals surface area contributed by atoms with Crippen molar-refractivity contribution in [2.75, 3.05) is 28.1 Å². The predicted octanol–water partition coefficient (Wildman–Crippen LogP) is 0.810. The lowest BCUT2D eigenvalue weighted by Crippen LogP contribution is -2.59. The molecule has 0 fully saturated rings. The minimum Gasteiger partial charge on any atom is -0.481 e. The van der Waals surface area contributed by atoms with Crippen LogP contribution in [0.5, 0.6) is 0 Å². The van der Waals surface area contributed by atoms with Crippen molar-refractivity contribution in [1.29, 1.82) is 0 Å². The molecule has 2 N–H and O–H groups in total. The number of carbonyl (C=O) groups excluding carboxylic acids is 2. The van der Waals surface area contributed by atoms with Crippen LogP contribution in [0.1, 0.15) is 39.5 Å². The number of ether oxygens (including phenoxy) is 4. The van der Waals surface area contributed by atoms with Gasteiger partial charge < -0.3 is 24.1 Å². The lowest BCUT2D eigenvalue weighted by molar-refractivity contribution is -0.221. The Morgan fingerprint density at radius 1 is 1.27 bits per heavy atom. The number of aliphatic hydroxyl groups excluding tert-OH is 1. The highest BCUT2D eigenvalue weighted by atomic mass is 16.7. The summed E-state index contributed by atoms with van der Waals surface area (Å²) < 4.78 is 21.2. The van der Waals surface area contributed by atoms with E-state index in [1.54, 1.807) is 6.92 Å². The molecule has 150 valence electrons. The molecule has 0 aromatic rings. The minimum absolute atomic E-state index is 0.116. The number of esters is 1. The van der Waals surface area contributed by atoms with Gasteiger partial charge in [-0.2, -0.15) is 0 Å². The van der Waals surface area contributed by atoms with Crippen LogP contribution in [0.4, 0.5) is 0 Å². The summed E-state index contributed by atoms with van der Waals surface area (Å²) in [5, 5.41) is 10.9. The zero-order valence-corrected chi connectivity index (χ0v) is 16.0. The Balaban J connectivity index is 3.32. The maximum Gasteiger partial charge on any atom is 0.340 e. The number of amides is 1. The molecule has 1 rings (SSSR count). The average molecular weight is 375 g/mol. The van der Waals surface area contributed by atoms with Crippen LogP contribution in [0.15, 0.2) is 11.3 Å². The summed E-state index contributed by atoms with van der Waals surface area (Å²) in [5.41, 5.74) is 0.469. The second-order valence-corrected chi connectivity index (χ2v) is 6.11. The number of methoxy groups -OCH3 is 2. The van der Waals surface area contributed by atoms with Crippen molar-refractivity contribution in [2.45, 2.75) is 57.3 Å². The van der Waals surface area contributed by atoms with Gasteiger partial charge in [-0.05, 0) is 19.8 Å². The predicted molar refractivity (Wildman–Crippen MR) is 90.6 cm³/mol. The molecular formula is C17H29NO8. The minimum atomic E-state index is -1.46. The van der Waals surface area contributed by atoms with Gasteiger partial charge in [-0.1, -0.05) is 19.8 Å². The third-order valence-corrected chi connectivity index (χ3v) is 4.32. The van der Waals surface area contributed by atoms with Crippen molar-refractivity contribution < 1.29 is 38.5 Å². The first kappa shape index (κ1) is 22.4. The fraction of sp³-hybridized carbons (Fsp3) is 0.765. The Hall–Kier alpha value is -1.68. The second-order valence-electron chi connectivity index (χ2n) is 6.11.